The average molecular weight is 290 g/mol. The smallest absolute Gasteiger partial charge is 0.136 e. The van der Waals surface area contributed by atoms with E-state index in [2.05, 4.69) is 10.8 Å². The summed E-state index contributed by atoms with van der Waals surface area (Å²) in [5, 5.41) is 9.77. The van der Waals surface area contributed by atoms with Crippen LogP contribution in [0, 0.1) is 11.3 Å². The first-order valence-electron chi connectivity index (χ1n) is 6.43. The SMILES string of the molecule is CC(N[S@@+]([O-])C(C)(C)C)c1cc2cc(C#N)ccc2o1. The van der Waals surface area contributed by atoms with Crippen molar-refractivity contribution < 1.29 is 8.97 Å². The second kappa shape index (κ2) is 5.49. The first kappa shape index (κ1) is 14.9. The molecule has 0 saturated carbocycles. The summed E-state index contributed by atoms with van der Waals surface area (Å²) in [5.74, 6) is 0.715. The minimum atomic E-state index is -1.16. The molecule has 1 unspecified atom stereocenters. The van der Waals surface area contributed by atoms with Gasteiger partial charge >= 0.3 is 0 Å². The van der Waals surface area contributed by atoms with Gasteiger partial charge in [-0.2, -0.15) is 5.26 Å². The zero-order chi connectivity index (χ0) is 14.9. The molecule has 1 aromatic heterocycles. The van der Waals surface area contributed by atoms with E-state index in [0.717, 1.165) is 11.0 Å². The van der Waals surface area contributed by atoms with Crippen molar-refractivity contribution >= 4 is 22.3 Å². The van der Waals surface area contributed by atoms with Crippen molar-refractivity contribution in [3.63, 3.8) is 0 Å². The summed E-state index contributed by atoms with van der Waals surface area (Å²) in [7, 11) is 0. The largest absolute Gasteiger partial charge is 0.598 e. The molecule has 4 nitrogen and oxygen atoms in total. The second-order valence-corrected chi connectivity index (χ2v) is 7.73. The van der Waals surface area contributed by atoms with Gasteiger partial charge in [0.15, 0.2) is 0 Å². The lowest BCUT2D eigenvalue weighted by Crippen LogP contribution is -2.40. The number of nitrogens with zero attached hydrogens (tertiary/aromatic N) is 1. The molecule has 1 heterocycles. The van der Waals surface area contributed by atoms with Gasteiger partial charge < -0.3 is 8.97 Å². The van der Waals surface area contributed by atoms with Gasteiger partial charge in [-0.3, -0.25) is 0 Å². The first-order chi connectivity index (χ1) is 9.31. The number of rotatable bonds is 3. The Morgan fingerprint density at radius 3 is 2.65 bits per heavy atom. The van der Waals surface area contributed by atoms with E-state index in [1.807, 2.05) is 33.8 Å². The maximum absolute atomic E-state index is 12.1. The van der Waals surface area contributed by atoms with Crippen LogP contribution in [-0.2, 0) is 11.4 Å². The Kier molecular flexibility index (Phi) is 4.09. The highest BCUT2D eigenvalue weighted by atomic mass is 32.2. The predicted molar refractivity (Wildman–Crippen MR) is 80.4 cm³/mol. The molecular weight excluding hydrogens is 272 g/mol. The van der Waals surface area contributed by atoms with Crippen LogP contribution in [0.3, 0.4) is 0 Å². The van der Waals surface area contributed by atoms with Gasteiger partial charge in [-0.05, 0) is 52.0 Å². The zero-order valence-electron chi connectivity index (χ0n) is 12.1. The van der Waals surface area contributed by atoms with Gasteiger partial charge in [-0.1, -0.05) is 0 Å². The number of benzene rings is 1. The number of nitriles is 1. The van der Waals surface area contributed by atoms with Crippen molar-refractivity contribution in [2.45, 2.75) is 38.5 Å². The molecule has 2 aromatic rings. The maximum atomic E-state index is 12.1. The fourth-order valence-electron chi connectivity index (χ4n) is 1.74. The molecule has 0 aliphatic carbocycles. The van der Waals surface area contributed by atoms with Gasteiger partial charge in [-0.15, -0.1) is 4.72 Å². The molecule has 0 radical (unpaired) electrons. The van der Waals surface area contributed by atoms with Crippen molar-refractivity contribution in [1.29, 1.82) is 5.26 Å². The Morgan fingerprint density at radius 2 is 2.05 bits per heavy atom. The first-order valence-corrected chi connectivity index (χ1v) is 7.58. The summed E-state index contributed by atoms with van der Waals surface area (Å²) in [6, 6.07) is 9.12. The Morgan fingerprint density at radius 1 is 1.35 bits per heavy atom. The van der Waals surface area contributed by atoms with Gasteiger partial charge in [0.05, 0.1) is 11.6 Å². The summed E-state index contributed by atoms with van der Waals surface area (Å²) < 4.78 is 20.5. The lowest BCUT2D eigenvalue weighted by atomic mass is 10.1. The highest BCUT2D eigenvalue weighted by molar-refractivity contribution is 7.90. The summed E-state index contributed by atoms with van der Waals surface area (Å²) in [6.07, 6.45) is 0. The third kappa shape index (κ3) is 3.15. The number of hydrogen-bond acceptors (Lipinski definition) is 4. The minimum Gasteiger partial charge on any atom is -0.598 e. The molecule has 0 spiro atoms. The Balaban J connectivity index is 2.23. The molecule has 5 heteroatoms. The van der Waals surface area contributed by atoms with Crippen LogP contribution >= 0.6 is 0 Å². The zero-order valence-corrected chi connectivity index (χ0v) is 12.9. The highest BCUT2D eigenvalue weighted by Gasteiger charge is 2.29. The second-order valence-electron chi connectivity index (χ2n) is 5.73. The molecular formula is C15H18N2O2S. The molecule has 0 fully saturated rings. The van der Waals surface area contributed by atoms with Crippen molar-refractivity contribution in [2.24, 2.45) is 0 Å². The van der Waals surface area contributed by atoms with Crippen LogP contribution in [0.25, 0.3) is 11.0 Å². The highest BCUT2D eigenvalue weighted by Crippen LogP contribution is 2.26. The molecule has 0 aliphatic heterocycles. The standard InChI is InChI=1S/C15H18N2O2S/c1-10(17-20(18)15(2,3)4)14-8-12-7-11(9-16)5-6-13(12)19-14/h5-8,10,17H,1-4H3/t10?,20-/m0/s1. The van der Waals surface area contributed by atoms with Crippen LogP contribution < -0.4 is 4.72 Å². The molecule has 0 saturated heterocycles. The van der Waals surface area contributed by atoms with Gasteiger partial charge in [0.2, 0.25) is 0 Å². The van der Waals surface area contributed by atoms with Gasteiger partial charge in [0.25, 0.3) is 0 Å². The van der Waals surface area contributed by atoms with Crippen molar-refractivity contribution in [2.75, 3.05) is 0 Å². The molecule has 0 aliphatic rings. The van der Waals surface area contributed by atoms with Crippen molar-refractivity contribution in [3.8, 4) is 6.07 Å². The fraction of sp³-hybridized carbons (Fsp3) is 0.400. The van der Waals surface area contributed by atoms with Crippen LogP contribution in [0.4, 0.5) is 0 Å². The van der Waals surface area contributed by atoms with E-state index in [-0.39, 0.29) is 10.8 Å². The van der Waals surface area contributed by atoms with E-state index >= 15 is 0 Å². The molecule has 20 heavy (non-hydrogen) atoms. The van der Waals surface area contributed by atoms with Crippen LogP contribution in [0.15, 0.2) is 28.7 Å². The molecule has 1 N–H and O–H groups in total. The van der Waals surface area contributed by atoms with Crippen LogP contribution in [0.5, 0.6) is 0 Å². The Labute approximate surface area is 122 Å². The van der Waals surface area contributed by atoms with E-state index in [1.165, 1.54) is 0 Å². The lowest BCUT2D eigenvalue weighted by molar-refractivity contribution is 0.475. The third-order valence-electron chi connectivity index (χ3n) is 2.93. The van der Waals surface area contributed by atoms with E-state index in [9.17, 15) is 4.55 Å². The van der Waals surface area contributed by atoms with Gasteiger partial charge in [0, 0.05) is 16.7 Å². The number of hydrogen-bond donors (Lipinski definition) is 1. The Bertz CT molecular complexity index is 652. The van der Waals surface area contributed by atoms with Crippen LogP contribution in [-0.4, -0.2) is 9.30 Å². The van der Waals surface area contributed by atoms with E-state index < -0.39 is 11.4 Å². The van der Waals surface area contributed by atoms with Crippen LogP contribution in [0.1, 0.15) is 45.1 Å². The molecule has 1 aromatic carbocycles. The van der Waals surface area contributed by atoms with Crippen molar-refractivity contribution in [1.82, 2.24) is 4.72 Å². The Hall–Kier alpha value is -1.48. The number of nitrogens with one attached hydrogen (secondary N) is 1. The summed E-state index contributed by atoms with van der Waals surface area (Å²) in [5.41, 5.74) is 1.33. The van der Waals surface area contributed by atoms with Gasteiger partial charge in [-0.25, -0.2) is 0 Å². The molecule has 2 atom stereocenters. The monoisotopic (exact) mass is 290 g/mol. The molecule has 2 rings (SSSR count). The molecule has 0 amide bonds. The quantitative estimate of drug-likeness (QED) is 0.879. The normalized spacial score (nSPS) is 15.0. The third-order valence-corrected chi connectivity index (χ3v) is 4.61. The average Bonchev–Trinajstić information content (AvgIpc) is 2.80. The molecule has 0 bridgehead atoms. The summed E-state index contributed by atoms with van der Waals surface area (Å²) in [4.78, 5) is 0. The lowest BCUT2D eigenvalue weighted by Gasteiger charge is -2.25. The number of furan rings is 1. The van der Waals surface area contributed by atoms with E-state index in [4.69, 9.17) is 9.68 Å². The summed E-state index contributed by atoms with van der Waals surface area (Å²) in [6.45, 7) is 7.66. The number of fused-ring (bicyclic) bond motifs is 1. The van der Waals surface area contributed by atoms with Crippen LogP contribution in [0.2, 0.25) is 0 Å². The summed E-state index contributed by atoms with van der Waals surface area (Å²) >= 11 is -1.16. The molecule has 106 valence electrons. The van der Waals surface area contributed by atoms with E-state index in [1.54, 1.807) is 18.2 Å². The van der Waals surface area contributed by atoms with Gasteiger partial charge in [0.1, 0.15) is 22.1 Å². The predicted octanol–water partition coefficient (Wildman–Crippen LogP) is 3.42. The van der Waals surface area contributed by atoms with Crippen molar-refractivity contribution in [3.05, 3.63) is 35.6 Å². The topological polar surface area (TPSA) is 72.0 Å². The fourth-order valence-corrected chi connectivity index (χ4v) is 2.53. The van der Waals surface area contributed by atoms with E-state index in [0.29, 0.717) is 11.3 Å². The minimum absolute atomic E-state index is 0.159. The maximum Gasteiger partial charge on any atom is 0.136 e.